The van der Waals surface area contributed by atoms with Crippen molar-refractivity contribution in [2.45, 2.75) is 31.7 Å². The van der Waals surface area contributed by atoms with Crippen LogP contribution >= 0.6 is 0 Å². The summed E-state index contributed by atoms with van der Waals surface area (Å²) in [4.78, 5) is 2.22. The van der Waals surface area contributed by atoms with Crippen LogP contribution in [0.1, 0.15) is 25.7 Å². The van der Waals surface area contributed by atoms with Crippen LogP contribution < -0.4 is 0 Å². The van der Waals surface area contributed by atoms with E-state index in [0.717, 1.165) is 12.5 Å². The summed E-state index contributed by atoms with van der Waals surface area (Å²) in [6.07, 6.45) is 4.86. The highest BCUT2D eigenvalue weighted by Gasteiger charge is 2.36. The van der Waals surface area contributed by atoms with Crippen LogP contribution in [0.3, 0.4) is 0 Å². The molecule has 0 saturated carbocycles. The van der Waals surface area contributed by atoms with Crippen LogP contribution in [0.15, 0.2) is 0 Å². The van der Waals surface area contributed by atoms with Gasteiger partial charge in [0.05, 0.1) is 0 Å². The number of rotatable bonds is 10. The molecule has 0 radical (unpaired) electrons. The summed E-state index contributed by atoms with van der Waals surface area (Å²) in [6, 6.07) is 0.915. The Hall–Kier alpha value is 0.0569. The zero-order chi connectivity index (χ0) is 12.4. The molecule has 0 atom stereocenters. The van der Waals surface area contributed by atoms with Crippen molar-refractivity contribution in [2.24, 2.45) is 0 Å². The molecular formula is C11H27NO3Si. The Labute approximate surface area is 101 Å². The first kappa shape index (κ1) is 16.1. The van der Waals surface area contributed by atoms with Gasteiger partial charge in [-0.05, 0) is 33.5 Å². The fourth-order valence-corrected chi connectivity index (χ4v) is 3.47. The van der Waals surface area contributed by atoms with E-state index in [4.69, 9.17) is 13.3 Å². The molecule has 0 aliphatic carbocycles. The van der Waals surface area contributed by atoms with E-state index in [1.54, 1.807) is 21.3 Å². The zero-order valence-electron chi connectivity index (χ0n) is 11.4. The standard InChI is InChI=1S/C11H27NO3Si/c1-12(2)10-8-6-7-9-11-16(13-3,14-4)15-5/h6-11H2,1-5H3. The largest absolute Gasteiger partial charge is 0.500 e. The van der Waals surface area contributed by atoms with Gasteiger partial charge in [0.25, 0.3) is 0 Å². The van der Waals surface area contributed by atoms with Gasteiger partial charge in [-0.25, -0.2) is 0 Å². The van der Waals surface area contributed by atoms with E-state index in [0.29, 0.717) is 0 Å². The number of hydrogen-bond donors (Lipinski definition) is 0. The van der Waals surface area contributed by atoms with Crippen LogP contribution in [0, 0.1) is 0 Å². The lowest BCUT2D eigenvalue weighted by molar-refractivity contribution is 0.122. The van der Waals surface area contributed by atoms with E-state index in [9.17, 15) is 0 Å². The summed E-state index contributed by atoms with van der Waals surface area (Å²) in [5, 5.41) is 0. The van der Waals surface area contributed by atoms with Crippen molar-refractivity contribution < 1.29 is 13.3 Å². The van der Waals surface area contributed by atoms with E-state index in [1.165, 1.54) is 25.8 Å². The Bertz CT molecular complexity index is 155. The summed E-state index contributed by atoms with van der Waals surface area (Å²) >= 11 is 0. The van der Waals surface area contributed by atoms with Crippen LogP contribution in [-0.2, 0) is 13.3 Å². The molecule has 0 aromatic heterocycles. The molecule has 98 valence electrons. The first-order chi connectivity index (χ1) is 7.60. The molecule has 0 heterocycles. The maximum atomic E-state index is 5.37. The van der Waals surface area contributed by atoms with Crippen LogP contribution in [0.2, 0.25) is 6.04 Å². The number of unbranched alkanes of at least 4 members (excludes halogenated alkanes) is 3. The number of nitrogens with zero attached hydrogens (tertiary/aromatic N) is 1. The molecule has 0 amide bonds. The average Bonchev–Trinajstić information content (AvgIpc) is 2.29. The third-order valence-corrected chi connectivity index (χ3v) is 5.60. The summed E-state index contributed by atoms with van der Waals surface area (Å²) in [5.41, 5.74) is 0. The molecule has 0 N–H and O–H groups in total. The van der Waals surface area contributed by atoms with Crippen LogP contribution in [0.5, 0.6) is 0 Å². The fraction of sp³-hybridized carbons (Fsp3) is 1.00. The zero-order valence-corrected chi connectivity index (χ0v) is 12.4. The third kappa shape index (κ3) is 6.60. The van der Waals surface area contributed by atoms with Gasteiger partial charge in [0.2, 0.25) is 0 Å². The predicted molar refractivity (Wildman–Crippen MR) is 68.6 cm³/mol. The van der Waals surface area contributed by atoms with Crippen molar-refractivity contribution in [1.29, 1.82) is 0 Å². The van der Waals surface area contributed by atoms with Crippen LogP contribution in [0.25, 0.3) is 0 Å². The molecule has 5 heteroatoms. The van der Waals surface area contributed by atoms with Gasteiger partial charge in [-0.2, -0.15) is 0 Å². The van der Waals surface area contributed by atoms with Crippen molar-refractivity contribution >= 4 is 8.80 Å². The van der Waals surface area contributed by atoms with Gasteiger partial charge >= 0.3 is 8.80 Å². The van der Waals surface area contributed by atoms with Gasteiger partial charge in [-0.3, -0.25) is 0 Å². The van der Waals surface area contributed by atoms with E-state index in [-0.39, 0.29) is 0 Å². The third-order valence-electron chi connectivity index (χ3n) is 2.77. The molecule has 4 nitrogen and oxygen atoms in total. The fourth-order valence-electron chi connectivity index (χ4n) is 1.68. The lowest BCUT2D eigenvalue weighted by Gasteiger charge is -2.24. The molecule has 0 fully saturated rings. The van der Waals surface area contributed by atoms with Gasteiger partial charge in [-0.15, -0.1) is 0 Å². The minimum absolute atomic E-state index is 0.915. The Morgan fingerprint density at radius 2 is 1.31 bits per heavy atom. The Morgan fingerprint density at radius 3 is 1.75 bits per heavy atom. The minimum atomic E-state index is -2.31. The van der Waals surface area contributed by atoms with Crippen LogP contribution in [-0.4, -0.2) is 55.7 Å². The van der Waals surface area contributed by atoms with Crippen molar-refractivity contribution in [3.05, 3.63) is 0 Å². The lowest BCUT2D eigenvalue weighted by Crippen LogP contribution is -2.42. The second-order valence-electron chi connectivity index (χ2n) is 4.26. The quantitative estimate of drug-likeness (QED) is 0.438. The van der Waals surface area contributed by atoms with Crippen molar-refractivity contribution in [3.8, 4) is 0 Å². The Morgan fingerprint density at radius 1 is 0.812 bits per heavy atom. The molecule has 0 aliphatic heterocycles. The smallest absolute Gasteiger partial charge is 0.377 e. The average molecular weight is 249 g/mol. The van der Waals surface area contributed by atoms with Gasteiger partial charge in [-0.1, -0.05) is 12.8 Å². The second kappa shape index (κ2) is 9.12. The second-order valence-corrected chi connectivity index (χ2v) is 7.35. The van der Waals surface area contributed by atoms with E-state index >= 15 is 0 Å². The highest BCUT2D eigenvalue weighted by molar-refractivity contribution is 6.60. The van der Waals surface area contributed by atoms with E-state index in [2.05, 4.69) is 19.0 Å². The summed E-state index contributed by atoms with van der Waals surface area (Å²) in [7, 11) is 6.93. The SMILES string of the molecule is CO[Si](CCCCCCN(C)C)(OC)OC. The molecule has 0 saturated heterocycles. The minimum Gasteiger partial charge on any atom is -0.377 e. The van der Waals surface area contributed by atoms with Crippen molar-refractivity contribution in [2.75, 3.05) is 42.0 Å². The molecule has 0 aromatic rings. The molecule has 0 aromatic carbocycles. The van der Waals surface area contributed by atoms with Gasteiger partial charge in [0.1, 0.15) is 0 Å². The number of hydrogen-bond acceptors (Lipinski definition) is 4. The summed E-state index contributed by atoms with van der Waals surface area (Å²) in [5.74, 6) is 0. The molecule has 0 spiro atoms. The molecular weight excluding hydrogens is 222 g/mol. The molecule has 0 bridgehead atoms. The Kier molecular flexibility index (Phi) is 9.16. The van der Waals surface area contributed by atoms with Gasteiger partial charge < -0.3 is 18.2 Å². The topological polar surface area (TPSA) is 30.9 Å². The highest BCUT2D eigenvalue weighted by Crippen LogP contribution is 2.17. The monoisotopic (exact) mass is 249 g/mol. The maximum Gasteiger partial charge on any atom is 0.500 e. The highest BCUT2D eigenvalue weighted by atomic mass is 28.4. The van der Waals surface area contributed by atoms with Crippen LogP contribution in [0.4, 0.5) is 0 Å². The normalized spacial score (nSPS) is 12.4. The van der Waals surface area contributed by atoms with E-state index < -0.39 is 8.80 Å². The van der Waals surface area contributed by atoms with E-state index in [1.807, 2.05) is 0 Å². The summed E-state index contributed by atoms with van der Waals surface area (Å²) in [6.45, 7) is 1.17. The molecule has 0 aliphatic rings. The lowest BCUT2D eigenvalue weighted by atomic mass is 10.2. The van der Waals surface area contributed by atoms with Gasteiger partial charge in [0.15, 0.2) is 0 Å². The maximum absolute atomic E-state index is 5.37. The molecule has 0 rings (SSSR count). The van der Waals surface area contributed by atoms with Crippen molar-refractivity contribution in [3.63, 3.8) is 0 Å². The first-order valence-corrected chi connectivity index (χ1v) is 7.83. The summed E-state index contributed by atoms with van der Waals surface area (Å²) < 4.78 is 16.1. The van der Waals surface area contributed by atoms with Gasteiger partial charge in [0, 0.05) is 27.4 Å². The Balaban J connectivity index is 3.55. The first-order valence-electron chi connectivity index (χ1n) is 5.90. The van der Waals surface area contributed by atoms with Crippen molar-refractivity contribution in [1.82, 2.24) is 4.90 Å². The molecule has 0 unspecified atom stereocenters. The predicted octanol–water partition coefficient (Wildman–Crippen LogP) is 1.99. The molecule has 16 heavy (non-hydrogen) atoms.